The lowest BCUT2D eigenvalue weighted by Gasteiger charge is -2.06. The highest BCUT2D eigenvalue weighted by Gasteiger charge is 2.14. The highest BCUT2D eigenvalue weighted by molar-refractivity contribution is 6.35. The predicted molar refractivity (Wildman–Crippen MR) is 99.1 cm³/mol. The Morgan fingerprint density at radius 2 is 1.85 bits per heavy atom. The van der Waals surface area contributed by atoms with Crippen molar-refractivity contribution in [2.45, 2.75) is 20.4 Å². The summed E-state index contributed by atoms with van der Waals surface area (Å²) in [7, 11) is 0. The average Bonchev–Trinajstić information content (AvgIpc) is 2.95. The van der Waals surface area contributed by atoms with Gasteiger partial charge >= 0.3 is 0 Å². The van der Waals surface area contributed by atoms with Gasteiger partial charge in [0, 0.05) is 34.0 Å². The Kier molecular flexibility index (Phi) is 5.11. The Balaban J connectivity index is 1.79. The van der Waals surface area contributed by atoms with Crippen LogP contribution in [0.2, 0.25) is 10.0 Å². The number of H-pyrrole nitrogens is 1. The van der Waals surface area contributed by atoms with Crippen LogP contribution in [-0.4, -0.2) is 25.7 Å². The van der Waals surface area contributed by atoms with Crippen LogP contribution in [0.15, 0.2) is 35.1 Å². The second-order valence-electron chi connectivity index (χ2n) is 5.71. The molecule has 0 atom stereocenters. The number of nitrogens with zero attached hydrogens (tertiary/aromatic N) is 3. The largest absolute Gasteiger partial charge is 0.347 e. The Morgan fingerprint density at radius 1 is 1.15 bits per heavy atom. The lowest BCUT2D eigenvalue weighted by molar-refractivity contribution is 0.0945. The predicted octanol–water partition coefficient (Wildman–Crippen LogP) is 2.81. The Morgan fingerprint density at radius 3 is 2.50 bits per heavy atom. The summed E-state index contributed by atoms with van der Waals surface area (Å²) in [5.74, 6) is -0.261. The molecule has 2 heterocycles. The van der Waals surface area contributed by atoms with Gasteiger partial charge in [0.05, 0.1) is 0 Å². The summed E-state index contributed by atoms with van der Waals surface area (Å²) < 4.78 is 1.13. The van der Waals surface area contributed by atoms with Crippen LogP contribution in [0.4, 0.5) is 0 Å². The van der Waals surface area contributed by atoms with Crippen molar-refractivity contribution in [1.82, 2.24) is 25.1 Å². The normalized spacial score (nSPS) is 10.8. The van der Waals surface area contributed by atoms with Crippen molar-refractivity contribution in [2.24, 2.45) is 0 Å². The molecule has 7 nitrogen and oxygen atoms in total. The molecule has 1 amide bonds. The number of nitrogens with one attached hydrogen (secondary N) is 2. The fourth-order valence-electron chi connectivity index (χ4n) is 2.40. The molecule has 3 aromatic rings. The number of amides is 1. The Bertz CT molecular complexity index is 1020. The van der Waals surface area contributed by atoms with Crippen molar-refractivity contribution in [3.05, 3.63) is 73.4 Å². The number of aromatic nitrogens is 4. The van der Waals surface area contributed by atoms with Crippen LogP contribution in [0, 0.1) is 13.8 Å². The molecule has 0 aliphatic heterocycles. The van der Waals surface area contributed by atoms with Gasteiger partial charge in [-0.1, -0.05) is 29.3 Å². The third-order valence-corrected chi connectivity index (χ3v) is 4.18. The topological polar surface area (TPSA) is 92.7 Å². The summed E-state index contributed by atoms with van der Waals surface area (Å²) in [6.07, 6.45) is 0. The third-order valence-electron chi connectivity index (χ3n) is 3.59. The first-order valence-corrected chi connectivity index (χ1v) is 8.46. The smallest absolute Gasteiger partial charge is 0.274 e. The number of hydrogen-bond acceptors (Lipinski definition) is 4. The molecule has 0 saturated carbocycles. The van der Waals surface area contributed by atoms with Crippen LogP contribution in [0.25, 0.3) is 5.95 Å². The monoisotopic (exact) mass is 391 g/mol. The van der Waals surface area contributed by atoms with E-state index in [1.54, 1.807) is 38.1 Å². The molecular formula is C17H15Cl2N5O2. The molecule has 9 heteroatoms. The molecule has 0 bridgehead atoms. The van der Waals surface area contributed by atoms with E-state index in [0.29, 0.717) is 15.6 Å². The lowest BCUT2D eigenvalue weighted by atomic mass is 10.2. The molecule has 26 heavy (non-hydrogen) atoms. The molecule has 0 fully saturated rings. The van der Waals surface area contributed by atoms with Crippen molar-refractivity contribution in [3.63, 3.8) is 0 Å². The van der Waals surface area contributed by atoms with Gasteiger partial charge in [0.2, 0.25) is 0 Å². The van der Waals surface area contributed by atoms with Gasteiger partial charge in [-0.2, -0.15) is 4.68 Å². The molecular weight excluding hydrogens is 377 g/mol. The fourth-order valence-corrected chi connectivity index (χ4v) is 2.88. The van der Waals surface area contributed by atoms with E-state index in [0.717, 1.165) is 16.1 Å². The fraction of sp³-hybridized carbons (Fsp3) is 0.176. The zero-order valence-electron chi connectivity index (χ0n) is 14.0. The van der Waals surface area contributed by atoms with E-state index < -0.39 is 11.5 Å². The summed E-state index contributed by atoms with van der Waals surface area (Å²) in [5, 5.41) is 6.39. The average molecular weight is 392 g/mol. The van der Waals surface area contributed by atoms with Crippen molar-refractivity contribution >= 4 is 29.1 Å². The van der Waals surface area contributed by atoms with Crippen LogP contribution in [0.3, 0.4) is 0 Å². The van der Waals surface area contributed by atoms with Crippen LogP contribution < -0.4 is 10.9 Å². The van der Waals surface area contributed by atoms with Gasteiger partial charge in [0.1, 0.15) is 5.69 Å². The number of rotatable bonds is 4. The van der Waals surface area contributed by atoms with Gasteiger partial charge < -0.3 is 5.32 Å². The minimum absolute atomic E-state index is 0.0999. The third kappa shape index (κ3) is 3.95. The summed E-state index contributed by atoms with van der Waals surface area (Å²) in [5.41, 5.74) is 1.83. The maximum atomic E-state index is 12.3. The van der Waals surface area contributed by atoms with Gasteiger partial charge in [0.25, 0.3) is 17.4 Å². The molecule has 0 unspecified atom stereocenters. The number of carbonyl (C=O) groups excluding carboxylic acids is 1. The van der Waals surface area contributed by atoms with E-state index in [1.807, 2.05) is 0 Å². The molecule has 2 N–H and O–H groups in total. The number of carbonyl (C=O) groups is 1. The molecule has 0 aliphatic carbocycles. The van der Waals surface area contributed by atoms with E-state index in [9.17, 15) is 9.59 Å². The molecule has 3 rings (SSSR count). The summed E-state index contributed by atoms with van der Waals surface area (Å²) in [4.78, 5) is 32.9. The lowest BCUT2D eigenvalue weighted by Crippen LogP contribution is -2.23. The Hall–Kier alpha value is -2.64. The Labute approximate surface area is 159 Å². The van der Waals surface area contributed by atoms with Crippen LogP contribution in [0.5, 0.6) is 0 Å². The molecule has 0 radical (unpaired) electrons. The maximum absolute atomic E-state index is 12.3. The van der Waals surface area contributed by atoms with E-state index in [1.165, 1.54) is 6.07 Å². The summed E-state index contributed by atoms with van der Waals surface area (Å²) >= 11 is 11.9. The van der Waals surface area contributed by atoms with E-state index >= 15 is 0 Å². The van der Waals surface area contributed by atoms with Gasteiger partial charge in [0.15, 0.2) is 0 Å². The second-order valence-corrected chi connectivity index (χ2v) is 6.56. The van der Waals surface area contributed by atoms with E-state index in [2.05, 4.69) is 20.4 Å². The minimum Gasteiger partial charge on any atom is -0.347 e. The SMILES string of the molecule is Cc1cc(C)nc(-n2[nH]c(C(=O)NCc3ccc(Cl)cc3Cl)cc2=O)n1. The maximum Gasteiger partial charge on any atom is 0.274 e. The summed E-state index contributed by atoms with van der Waals surface area (Å²) in [6, 6.07) is 7.99. The van der Waals surface area contributed by atoms with Gasteiger partial charge in [-0.15, -0.1) is 0 Å². The highest BCUT2D eigenvalue weighted by atomic mass is 35.5. The van der Waals surface area contributed by atoms with Gasteiger partial charge in [-0.25, -0.2) is 9.97 Å². The van der Waals surface area contributed by atoms with Crippen molar-refractivity contribution in [1.29, 1.82) is 0 Å². The quantitative estimate of drug-likeness (QED) is 0.714. The molecule has 0 saturated heterocycles. The molecule has 1 aromatic carbocycles. The molecule has 0 aliphatic rings. The first kappa shape index (κ1) is 18.2. The highest BCUT2D eigenvalue weighted by Crippen LogP contribution is 2.20. The standard InChI is InChI=1S/C17H15Cl2N5O2/c1-9-5-10(2)22-17(21-9)24-15(25)7-14(23-24)16(26)20-8-11-3-4-12(18)6-13(11)19/h3-7,23H,8H2,1-2H3,(H,20,26). The number of benzene rings is 1. The molecule has 0 spiro atoms. The van der Waals surface area contributed by atoms with E-state index in [-0.39, 0.29) is 18.2 Å². The van der Waals surface area contributed by atoms with Gasteiger partial charge in [-0.3, -0.25) is 14.7 Å². The number of aromatic amines is 1. The van der Waals surface area contributed by atoms with Crippen molar-refractivity contribution < 1.29 is 4.79 Å². The zero-order valence-corrected chi connectivity index (χ0v) is 15.5. The second kappa shape index (κ2) is 7.31. The van der Waals surface area contributed by atoms with Crippen LogP contribution in [-0.2, 0) is 6.54 Å². The zero-order chi connectivity index (χ0) is 18.8. The minimum atomic E-state index is -0.448. The van der Waals surface area contributed by atoms with Crippen molar-refractivity contribution in [2.75, 3.05) is 0 Å². The number of aryl methyl sites for hydroxylation is 2. The van der Waals surface area contributed by atoms with E-state index in [4.69, 9.17) is 23.2 Å². The first-order valence-electron chi connectivity index (χ1n) is 7.70. The number of hydrogen-bond donors (Lipinski definition) is 2. The van der Waals surface area contributed by atoms with Crippen LogP contribution >= 0.6 is 23.2 Å². The van der Waals surface area contributed by atoms with Crippen molar-refractivity contribution in [3.8, 4) is 5.95 Å². The first-order chi connectivity index (χ1) is 12.3. The molecule has 134 valence electrons. The van der Waals surface area contributed by atoms with Gasteiger partial charge in [-0.05, 0) is 37.6 Å². The number of halogens is 2. The molecule has 2 aromatic heterocycles. The summed E-state index contributed by atoms with van der Waals surface area (Å²) in [6.45, 7) is 3.80. The van der Waals surface area contributed by atoms with Crippen LogP contribution in [0.1, 0.15) is 27.4 Å².